The molecule has 2 rings (SSSR count). The number of hydrazone groups is 1. The van der Waals surface area contributed by atoms with Crippen molar-refractivity contribution in [3.8, 4) is 0 Å². The van der Waals surface area contributed by atoms with E-state index >= 15 is 0 Å². The topological polar surface area (TPSA) is 32.7 Å². The fourth-order valence-corrected chi connectivity index (χ4v) is 1.86. The Kier molecular flexibility index (Phi) is 2.88. The summed E-state index contributed by atoms with van der Waals surface area (Å²) in [6, 6.07) is 5.14. The van der Waals surface area contributed by atoms with E-state index < -0.39 is 24.2 Å². The van der Waals surface area contributed by atoms with Crippen LogP contribution in [0, 0.1) is 13.8 Å². The maximum Gasteiger partial charge on any atom is 0.431 e. The summed E-state index contributed by atoms with van der Waals surface area (Å²) in [5, 5.41) is 4.19. The van der Waals surface area contributed by atoms with Crippen molar-refractivity contribution >= 4 is 17.3 Å². The molecule has 3 nitrogen and oxygen atoms in total. The second-order valence-corrected chi connectivity index (χ2v) is 4.27. The predicted octanol–water partition coefficient (Wildman–Crippen LogP) is 2.96. The molecule has 0 saturated carbocycles. The quantitative estimate of drug-likeness (QED) is 0.760. The number of amides is 1. The molecule has 0 saturated heterocycles. The largest absolute Gasteiger partial charge is 0.431 e. The van der Waals surface area contributed by atoms with Crippen LogP contribution in [-0.2, 0) is 4.79 Å². The first-order chi connectivity index (χ1) is 8.27. The molecule has 0 radical (unpaired) electrons. The van der Waals surface area contributed by atoms with E-state index in [1.807, 2.05) is 19.9 Å². The second kappa shape index (κ2) is 4.12. The molecule has 0 unspecified atom stereocenters. The van der Waals surface area contributed by atoms with Gasteiger partial charge in [-0.3, -0.25) is 4.79 Å². The van der Waals surface area contributed by atoms with Crippen molar-refractivity contribution in [2.75, 3.05) is 5.01 Å². The van der Waals surface area contributed by atoms with Gasteiger partial charge in [0.15, 0.2) is 5.71 Å². The molecule has 0 bridgehead atoms. The zero-order chi connectivity index (χ0) is 13.5. The minimum atomic E-state index is -4.55. The van der Waals surface area contributed by atoms with Crippen molar-refractivity contribution in [3.63, 3.8) is 0 Å². The van der Waals surface area contributed by atoms with Crippen LogP contribution in [0.5, 0.6) is 0 Å². The van der Waals surface area contributed by atoms with Gasteiger partial charge in [-0.1, -0.05) is 6.07 Å². The predicted molar refractivity (Wildman–Crippen MR) is 61.5 cm³/mol. The van der Waals surface area contributed by atoms with Gasteiger partial charge in [-0.05, 0) is 37.1 Å². The van der Waals surface area contributed by atoms with Gasteiger partial charge < -0.3 is 0 Å². The lowest BCUT2D eigenvalue weighted by Gasteiger charge is -2.13. The third-order valence-corrected chi connectivity index (χ3v) is 2.55. The van der Waals surface area contributed by atoms with Crippen molar-refractivity contribution in [1.29, 1.82) is 0 Å². The fourth-order valence-electron chi connectivity index (χ4n) is 1.86. The minimum Gasteiger partial charge on any atom is -0.272 e. The molecule has 6 heteroatoms. The Morgan fingerprint density at radius 2 is 1.72 bits per heavy atom. The van der Waals surface area contributed by atoms with Gasteiger partial charge in [0.1, 0.15) is 0 Å². The van der Waals surface area contributed by atoms with Crippen LogP contribution in [0.3, 0.4) is 0 Å². The molecule has 0 aliphatic carbocycles. The molecule has 1 aromatic carbocycles. The van der Waals surface area contributed by atoms with E-state index in [1.54, 1.807) is 12.1 Å². The van der Waals surface area contributed by atoms with E-state index in [2.05, 4.69) is 5.10 Å². The Labute approximate surface area is 102 Å². The van der Waals surface area contributed by atoms with Gasteiger partial charge in [-0.15, -0.1) is 0 Å². The van der Waals surface area contributed by atoms with Gasteiger partial charge in [0.25, 0.3) is 5.91 Å². The van der Waals surface area contributed by atoms with Crippen LogP contribution in [0.15, 0.2) is 23.3 Å². The maximum absolute atomic E-state index is 12.5. The summed E-state index contributed by atoms with van der Waals surface area (Å²) >= 11 is 0. The Balaban J connectivity index is 2.39. The number of carbonyl (C=O) groups excluding carboxylic acids is 1. The summed E-state index contributed by atoms with van der Waals surface area (Å²) < 4.78 is 37.4. The number of anilines is 1. The summed E-state index contributed by atoms with van der Waals surface area (Å²) in [5.74, 6) is -0.660. The number of carbonyl (C=O) groups is 1. The number of nitrogens with zero attached hydrogens (tertiary/aromatic N) is 2. The lowest BCUT2D eigenvalue weighted by atomic mass is 10.1. The van der Waals surface area contributed by atoms with E-state index in [-0.39, 0.29) is 0 Å². The van der Waals surface area contributed by atoms with Crippen molar-refractivity contribution in [2.45, 2.75) is 26.4 Å². The molecular weight excluding hydrogens is 245 g/mol. The van der Waals surface area contributed by atoms with Crippen LogP contribution in [0.4, 0.5) is 18.9 Å². The van der Waals surface area contributed by atoms with Gasteiger partial charge in [0.05, 0.1) is 12.1 Å². The summed E-state index contributed by atoms with van der Waals surface area (Å²) in [6.07, 6.45) is -5.25. The van der Waals surface area contributed by atoms with E-state index in [9.17, 15) is 18.0 Å². The van der Waals surface area contributed by atoms with Crippen molar-refractivity contribution in [2.24, 2.45) is 5.10 Å². The molecule has 1 heterocycles. The van der Waals surface area contributed by atoms with Crippen LogP contribution in [0.1, 0.15) is 17.5 Å². The number of rotatable bonds is 1. The molecule has 1 aliphatic heterocycles. The Morgan fingerprint density at radius 3 is 2.17 bits per heavy atom. The highest BCUT2D eigenvalue weighted by Crippen LogP contribution is 2.29. The maximum atomic E-state index is 12.5. The normalized spacial score (nSPS) is 16.2. The Bertz CT molecular complexity index is 514. The zero-order valence-electron chi connectivity index (χ0n) is 9.88. The van der Waals surface area contributed by atoms with Crippen LogP contribution >= 0.6 is 0 Å². The summed E-state index contributed by atoms with van der Waals surface area (Å²) in [4.78, 5) is 11.6. The Morgan fingerprint density at radius 1 is 1.17 bits per heavy atom. The molecule has 0 aromatic heterocycles. The first-order valence-corrected chi connectivity index (χ1v) is 5.33. The zero-order valence-corrected chi connectivity index (χ0v) is 9.88. The highest BCUT2D eigenvalue weighted by Gasteiger charge is 2.42. The summed E-state index contributed by atoms with van der Waals surface area (Å²) in [7, 11) is 0. The summed E-state index contributed by atoms with van der Waals surface area (Å²) in [5.41, 5.74) is 1.06. The number of benzene rings is 1. The molecule has 1 amide bonds. The van der Waals surface area contributed by atoms with E-state index in [4.69, 9.17) is 0 Å². The lowest BCUT2D eigenvalue weighted by Crippen LogP contribution is -2.22. The van der Waals surface area contributed by atoms with Crippen LogP contribution in [0.2, 0.25) is 0 Å². The van der Waals surface area contributed by atoms with E-state index in [0.29, 0.717) is 5.69 Å². The van der Waals surface area contributed by atoms with Gasteiger partial charge in [0.2, 0.25) is 0 Å². The fraction of sp³-hybridized carbons (Fsp3) is 0.333. The smallest absolute Gasteiger partial charge is 0.272 e. The molecule has 0 fully saturated rings. The van der Waals surface area contributed by atoms with Gasteiger partial charge in [-0.25, -0.2) is 5.01 Å². The summed E-state index contributed by atoms with van der Waals surface area (Å²) in [6.45, 7) is 3.62. The third-order valence-electron chi connectivity index (χ3n) is 2.55. The molecule has 96 valence electrons. The van der Waals surface area contributed by atoms with Crippen molar-refractivity contribution in [3.05, 3.63) is 29.3 Å². The molecular formula is C12H11F3N2O. The number of hydrogen-bond acceptors (Lipinski definition) is 2. The third kappa shape index (κ3) is 2.37. The monoisotopic (exact) mass is 256 g/mol. The van der Waals surface area contributed by atoms with Gasteiger partial charge >= 0.3 is 6.18 Å². The number of hydrogen-bond donors (Lipinski definition) is 0. The molecule has 18 heavy (non-hydrogen) atoms. The second-order valence-electron chi connectivity index (χ2n) is 4.27. The van der Waals surface area contributed by atoms with Crippen molar-refractivity contribution < 1.29 is 18.0 Å². The standard InChI is InChI=1S/C12H11F3N2O/c1-7-3-8(2)5-9(4-7)17-11(18)6-10(16-17)12(13,14)15/h3-5H,6H2,1-2H3. The molecule has 1 aliphatic rings. The Hall–Kier alpha value is -1.85. The van der Waals surface area contributed by atoms with Gasteiger partial charge in [0, 0.05) is 0 Å². The minimum absolute atomic E-state index is 0.372. The number of aryl methyl sites for hydroxylation is 2. The van der Waals surface area contributed by atoms with E-state index in [0.717, 1.165) is 16.1 Å². The van der Waals surface area contributed by atoms with Gasteiger partial charge in [-0.2, -0.15) is 18.3 Å². The number of alkyl halides is 3. The highest BCUT2D eigenvalue weighted by molar-refractivity contribution is 6.14. The van der Waals surface area contributed by atoms with Crippen LogP contribution < -0.4 is 5.01 Å². The molecule has 1 aromatic rings. The van der Waals surface area contributed by atoms with Crippen LogP contribution in [-0.4, -0.2) is 17.8 Å². The lowest BCUT2D eigenvalue weighted by molar-refractivity contribution is -0.117. The SMILES string of the molecule is Cc1cc(C)cc(N2N=C(C(F)(F)F)CC2=O)c1. The molecule has 0 N–H and O–H groups in total. The highest BCUT2D eigenvalue weighted by atomic mass is 19.4. The van der Waals surface area contributed by atoms with Crippen LogP contribution in [0.25, 0.3) is 0 Å². The average molecular weight is 256 g/mol. The first-order valence-electron chi connectivity index (χ1n) is 5.33. The van der Waals surface area contributed by atoms with Crippen molar-refractivity contribution in [1.82, 2.24) is 0 Å². The van der Waals surface area contributed by atoms with E-state index in [1.165, 1.54) is 0 Å². The molecule has 0 spiro atoms. The molecule has 0 atom stereocenters. The number of halogens is 3. The first kappa shape index (κ1) is 12.6. The average Bonchev–Trinajstić information content (AvgIpc) is 2.58.